The average Bonchev–Trinajstić information content (AvgIpc) is 2.37. The molecule has 0 spiro atoms. The lowest BCUT2D eigenvalue weighted by Crippen LogP contribution is -2.44. The predicted octanol–water partition coefficient (Wildman–Crippen LogP) is 3.17. The summed E-state index contributed by atoms with van der Waals surface area (Å²) in [6.07, 6.45) is -4.55. The number of amides is 1. The van der Waals surface area contributed by atoms with E-state index in [2.05, 4.69) is 0 Å². The van der Waals surface area contributed by atoms with Crippen LogP contribution in [0.2, 0.25) is 0 Å². The molecule has 0 N–H and O–H groups in total. The van der Waals surface area contributed by atoms with Crippen molar-refractivity contribution in [1.82, 2.24) is 4.90 Å². The van der Waals surface area contributed by atoms with Crippen molar-refractivity contribution >= 4 is 28.5 Å². The molecule has 0 bridgehead atoms. The number of hydrogen-bond donors (Lipinski definition) is 0. The second-order valence-corrected chi connectivity index (χ2v) is 5.79. The summed E-state index contributed by atoms with van der Waals surface area (Å²) in [6, 6.07) is 3.23. The topological polar surface area (TPSA) is 29.5 Å². The lowest BCUT2D eigenvalue weighted by molar-refractivity contribution is -0.137. The van der Waals surface area contributed by atoms with Crippen molar-refractivity contribution in [2.45, 2.75) is 19.2 Å². The van der Waals surface area contributed by atoms with Gasteiger partial charge in [-0.3, -0.25) is 4.79 Å². The molecule has 0 saturated carbocycles. The third-order valence-electron chi connectivity index (χ3n) is 3.05. The third kappa shape index (κ3) is 3.43. The van der Waals surface area contributed by atoms with Crippen LogP contribution < -0.4 is 0 Å². The fourth-order valence-corrected chi connectivity index (χ4v) is 2.60. The Kier molecular flexibility index (Phi) is 4.58. The predicted molar refractivity (Wildman–Crippen MR) is 75.5 cm³/mol. The van der Waals surface area contributed by atoms with E-state index in [0.717, 1.165) is 12.1 Å². The van der Waals surface area contributed by atoms with Crippen molar-refractivity contribution in [2.24, 2.45) is 0 Å². The molecule has 7 heteroatoms. The van der Waals surface area contributed by atoms with Crippen LogP contribution in [0, 0.1) is 3.57 Å². The normalized spacial score (nSPS) is 20.1. The van der Waals surface area contributed by atoms with Gasteiger partial charge in [-0.1, -0.05) is 0 Å². The highest BCUT2D eigenvalue weighted by atomic mass is 127. The van der Waals surface area contributed by atoms with Gasteiger partial charge >= 0.3 is 6.18 Å². The zero-order chi connectivity index (χ0) is 14.9. The van der Waals surface area contributed by atoms with Crippen LogP contribution in [-0.4, -0.2) is 36.6 Å². The van der Waals surface area contributed by atoms with E-state index in [1.165, 1.54) is 11.0 Å². The first-order valence-corrected chi connectivity index (χ1v) is 7.14. The van der Waals surface area contributed by atoms with E-state index in [1.54, 1.807) is 0 Å². The molecule has 0 radical (unpaired) electrons. The highest BCUT2D eigenvalue weighted by Crippen LogP contribution is 2.31. The molecule has 110 valence electrons. The van der Waals surface area contributed by atoms with Crippen LogP contribution in [0.4, 0.5) is 13.2 Å². The van der Waals surface area contributed by atoms with Gasteiger partial charge in [0.05, 0.1) is 23.8 Å². The summed E-state index contributed by atoms with van der Waals surface area (Å²) in [6.45, 7) is 3.03. The molecular weight excluding hydrogens is 386 g/mol. The van der Waals surface area contributed by atoms with Gasteiger partial charge < -0.3 is 9.64 Å². The quantitative estimate of drug-likeness (QED) is 0.680. The van der Waals surface area contributed by atoms with Crippen molar-refractivity contribution in [1.29, 1.82) is 0 Å². The number of halogens is 4. The minimum absolute atomic E-state index is 0.0922. The van der Waals surface area contributed by atoms with E-state index in [4.69, 9.17) is 4.74 Å². The molecule has 1 amide bonds. The zero-order valence-electron chi connectivity index (χ0n) is 10.7. The molecule has 0 aliphatic carbocycles. The Bertz CT molecular complexity index is 519. The number of hydrogen-bond acceptors (Lipinski definition) is 2. The van der Waals surface area contributed by atoms with Gasteiger partial charge in [0.25, 0.3) is 5.91 Å². The molecule has 1 aliphatic heterocycles. The Labute approximate surface area is 128 Å². The highest BCUT2D eigenvalue weighted by Gasteiger charge is 2.32. The van der Waals surface area contributed by atoms with Crippen molar-refractivity contribution in [3.05, 3.63) is 32.9 Å². The van der Waals surface area contributed by atoms with Gasteiger partial charge in [0, 0.05) is 16.7 Å². The van der Waals surface area contributed by atoms with E-state index >= 15 is 0 Å². The SMILES string of the molecule is C[C@@H]1CN(C(=O)c2cc(C(F)(F)F)ccc2I)CCO1. The van der Waals surface area contributed by atoms with Crippen LogP contribution in [0.25, 0.3) is 0 Å². The molecule has 2 rings (SSSR count). The minimum Gasteiger partial charge on any atom is -0.375 e. The molecule has 3 nitrogen and oxygen atoms in total. The molecule has 1 aliphatic rings. The monoisotopic (exact) mass is 399 g/mol. The molecule has 0 aromatic heterocycles. The second kappa shape index (κ2) is 5.88. The fraction of sp³-hybridized carbons (Fsp3) is 0.462. The van der Waals surface area contributed by atoms with Crippen LogP contribution >= 0.6 is 22.6 Å². The highest BCUT2D eigenvalue weighted by molar-refractivity contribution is 14.1. The Hall–Kier alpha value is -0.830. The van der Waals surface area contributed by atoms with Crippen LogP contribution in [0.15, 0.2) is 18.2 Å². The molecule has 0 unspecified atom stereocenters. The maximum absolute atomic E-state index is 12.7. The van der Waals surface area contributed by atoms with Crippen LogP contribution in [0.5, 0.6) is 0 Å². The van der Waals surface area contributed by atoms with Crippen molar-refractivity contribution < 1.29 is 22.7 Å². The van der Waals surface area contributed by atoms with Gasteiger partial charge in [0.1, 0.15) is 0 Å². The standard InChI is InChI=1S/C13H13F3INO2/c1-8-7-18(4-5-20-8)12(19)10-6-9(13(14,15)16)2-3-11(10)17/h2-3,6,8H,4-5,7H2,1H3/t8-/m1/s1. The molecule has 1 atom stereocenters. The summed E-state index contributed by atoms with van der Waals surface area (Å²) < 4.78 is 44.0. The van der Waals surface area contributed by atoms with Crippen molar-refractivity contribution in [2.75, 3.05) is 19.7 Å². The van der Waals surface area contributed by atoms with Crippen LogP contribution in [0.1, 0.15) is 22.8 Å². The van der Waals surface area contributed by atoms with E-state index in [0.29, 0.717) is 23.3 Å². The fourth-order valence-electron chi connectivity index (χ4n) is 2.04. The summed E-state index contributed by atoms with van der Waals surface area (Å²) in [5, 5.41) is 0. The molecule has 1 fully saturated rings. The Balaban J connectivity index is 2.29. The summed E-state index contributed by atoms with van der Waals surface area (Å²) in [4.78, 5) is 13.9. The van der Waals surface area contributed by atoms with E-state index in [9.17, 15) is 18.0 Å². The number of benzene rings is 1. The van der Waals surface area contributed by atoms with Gasteiger partial charge in [0.2, 0.25) is 0 Å². The largest absolute Gasteiger partial charge is 0.416 e. The zero-order valence-corrected chi connectivity index (χ0v) is 12.9. The van der Waals surface area contributed by atoms with Crippen molar-refractivity contribution in [3.63, 3.8) is 0 Å². The first-order valence-electron chi connectivity index (χ1n) is 6.06. The Morgan fingerprint density at radius 3 is 2.75 bits per heavy atom. The van der Waals surface area contributed by atoms with E-state index in [1.807, 2.05) is 29.5 Å². The molecular formula is C13H13F3INO2. The van der Waals surface area contributed by atoms with E-state index in [-0.39, 0.29) is 17.6 Å². The van der Waals surface area contributed by atoms with Crippen molar-refractivity contribution in [3.8, 4) is 0 Å². The van der Waals surface area contributed by atoms with Gasteiger partial charge in [-0.15, -0.1) is 0 Å². The lowest BCUT2D eigenvalue weighted by Gasteiger charge is -2.31. The van der Waals surface area contributed by atoms with Gasteiger partial charge in [-0.05, 0) is 47.7 Å². The summed E-state index contributed by atoms with van der Waals surface area (Å²) >= 11 is 1.88. The molecule has 1 aromatic rings. The van der Waals surface area contributed by atoms with Crippen LogP contribution in [-0.2, 0) is 10.9 Å². The Morgan fingerprint density at radius 1 is 1.45 bits per heavy atom. The number of alkyl halides is 3. The molecule has 1 saturated heterocycles. The van der Waals surface area contributed by atoms with Gasteiger partial charge in [-0.25, -0.2) is 0 Å². The first-order chi connectivity index (χ1) is 9.29. The second-order valence-electron chi connectivity index (χ2n) is 4.62. The molecule has 1 heterocycles. The number of carbonyl (C=O) groups excluding carboxylic acids is 1. The number of ether oxygens (including phenoxy) is 1. The molecule has 1 aromatic carbocycles. The molecule has 20 heavy (non-hydrogen) atoms. The number of carbonyl (C=O) groups is 1. The summed E-state index contributed by atoms with van der Waals surface area (Å²) in [7, 11) is 0. The van der Waals surface area contributed by atoms with Crippen LogP contribution in [0.3, 0.4) is 0 Å². The van der Waals surface area contributed by atoms with Gasteiger partial charge in [0.15, 0.2) is 0 Å². The summed E-state index contributed by atoms with van der Waals surface area (Å²) in [5.74, 6) is -0.379. The van der Waals surface area contributed by atoms with E-state index < -0.39 is 11.7 Å². The number of nitrogens with zero attached hydrogens (tertiary/aromatic N) is 1. The smallest absolute Gasteiger partial charge is 0.375 e. The minimum atomic E-state index is -4.45. The maximum Gasteiger partial charge on any atom is 0.416 e. The summed E-state index contributed by atoms with van der Waals surface area (Å²) in [5.41, 5.74) is -0.711. The average molecular weight is 399 g/mol. The van der Waals surface area contributed by atoms with Gasteiger partial charge in [-0.2, -0.15) is 13.2 Å². The third-order valence-corrected chi connectivity index (χ3v) is 3.99. The number of rotatable bonds is 1. The maximum atomic E-state index is 12.7. The Morgan fingerprint density at radius 2 is 2.15 bits per heavy atom. The lowest BCUT2D eigenvalue weighted by atomic mass is 10.1. The first kappa shape index (κ1) is 15.6. The number of morpholine rings is 1.